The largest absolute Gasteiger partial charge is 0.457 e. The molecular formula is C26H26N4O7S. The molecule has 3 aliphatic rings. The number of anilines is 2. The highest BCUT2D eigenvalue weighted by Crippen LogP contribution is 2.44. The Kier molecular flexibility index (Phi) is 5.32. The van der Waals surface area contributed by atoms with Gasteiger partial charge < -0.3 is 24.7 Å². The number of nitrogen functional groups attached to an aromatic ring is 1. The van der Waals surface area contributed by atoms with Gasteiger partial charge in [0.15, 0.2) is 9.84 Å². The van der Waals surface area contributed by atoms with Crippen molar-refractivity contribution < 1.29 is 27.5 Å². The van der Waals surface area contributed by atoms with Crippen molar-refractivity contribution in [2.24, 2.45) is 0 Å². The molecule has 6 rings (SSSR count). The van der Waals surface area contributed by atoms with E-state index in [1.54, 1.807) is 29.7 Å². The van der Waals surface area contributed by atoms with Crippen LogP contribution in [0, 0.1) is 0 Å². The van der Waals surface area contributed by atoms with Crippen LogP contribution in [0.5, 0.6) is 0 Å². The van der Waals surface area contributed by atoms with Crippen molar-refractivity contribution in [3.8, 4) is 11.4 Å². The monoisotopic (exact) mass is 538 g/mol. The van der Waals surface area contributed by atoms with E-state index in [1.165, 1.54) is 6.92 Å². The fourth-order valence-electron chi connectivity index (χ4n) is 5.78. The predicted molar refractivity (Wildman–Crippen MR) is 139 cm³/mol. The molecule has 0 unspecified atom stereocenters. The molecule has 0 saturated carbocycles. The van der Waals surface area contributed by atoms with Crippen LogP contribution in [0.3, 0.4) is 0 Å². The molecule has 0 amide bonds. The van der Waals surface area contributed by atoms with Crippen LogP contribution in [0.4, 0.5) is 11.4 Å². The number of hydrogen-bond acceptors (Lipinski definition) is 10. The van der Waals surface area contributed by atoms with Gasteiger partial charge in [-0.3, -0.25) is 9.59 Å². The number of ether oxygens (including phenoxy) is 2. The maximum atomic E-state index is 13.8. The van der Waals surface area contributed by atoms with Crippen LogP contribution >= 0.6 is 0 Å². The zero-order chi connectivity index (χ0) is 27.0. The number of fused-ring (bicyclic) bond motifs is 5. The Balaban J connectivity index is 1.61. The normalized spacial score (nSPS) is 21.4. The number of benzene rings is 1. The Hall–Kier alpha value is -3.93. The molecule has 0 aliphatic carbocycles. The Morgan fingerprint density at radius 1 is 1.18 bits per heavy atom. The first-order valence-corrected chi connectivity index (χ1v) is 14.2. The summed E-state index contributed by atoms with van der Waals surface area (Å²) in [6.45, 7) is 3.48. The van der Waals surface area contributed by atoms with E-state index in [9.17, 15) is 22.8 Å². The van der Waals surface area contributed by atoms with Gasteiger partial charge in [-0.1, -0.05) is 6.92 Å². The van der Waals surface area contributed by atoms with Crippen LogP contribution in [0.2, 0.25) is 0 Å². The lowest BCUT2D eigenvalue weighted by atomic mass is 9.85. The van der Waals surface area contributed by atoms with Crippen LogP contribution in [-0.4, -0.2) is 54.5 Å². The summed E-state index contributed by atoms with van der Waals surface area (Å²) in [4.78, 5) is 45.6. The van der Waals surface area contributed by atoms with Crippen molar-refractivity contribution in [1.82, 2.24) is 9.55 Å². The summed E-state index contributed by atoms with van der Waals surface area (Å²) in [5.74, 6) is -1.34. The van der Waals surface area contributed by atoms with Crippen molar-refractivity contribution in [3.05, 3.63) is 51.3 Å². The number of pyridine rings is 2. The van der Waals surface area contributed by atoms with Gasteiger partial charge in [0, 0.05) is 42.2 Å². The highest BCUT2D eigenvalue weighted by molar-refractivity contribution is 7.91. The van der Waals surface area contributed by atoms with Gasteiger partial charge in [0.25, 0.3) is 5.56 Å². The Labute approximate surface area is 218 Å². The van der Waals surface area contributed by atoms with E-state index < -0.39 is 27.4 Å². The predicted octanol–water partition coefficient (Wildman–Crippen LogP) is 1.47. The molecular weight excluding hydrogens is 512 g/mol. The number of carbonyl (C=O) groups is 2. The fraction of sp³-hybridized carbons (Fsp3) is 0.385. The molecule has 2 aromatic heterocycles. The van der Waals surface area contributed by atoms with Crippen LogP contribution < -0.4 is 16.2 Å². The summed E-state index contributed by atoms with van der Waals surface area (Å²) in [6, 6.07) is 7.05. The zero-order valence-corrected chi connectivity index (χ0v) is 21.8. The van der Waals surface area contributed by atoms with E-state index in [1.807, 2.05) is 11.0 Å². The molecule has 0 spiro atoms. The van der Waals surface area contributed by atoms with E-state index in [-0.39, 0.29) is 42.2 Å². The Morgan fingerprint density at radius 3 is 2.61 bits per heavy atom. The van der Waals surface area contributed by atoms with Crippen LogP contribution in [0.15, 0.2) is 29.1 Å². The first kappa shape index (κ1) is 24.4. The highest BCUT2D eigenvalue weighted by atomic mass is 32.2. The van der Waals surface area contributed by atoms with Gasteiger partial charge in [0.05, 0.1) is 46.2 Å². The molecule has 198 valence electrons. The second-order valence-corrected chi connectivity index (χ2v) is 12.2. The third-order valence-electron chi connectivity index (χ3n) is 7.63. The molecule has 11 nitrogen and oxygen atoms in total. The zero-order valence-electron chi connectivity index (χ0n) is 20.9. The van der Waals surface area contributed by atoms with Gasteiger partial charge in [0.1, 0.15) is 6.61 Å². The SMILES string of the molecule is CC[C@@]1(OC(C)=O)C(=O)OCc2c1cc1n(c2=O)Cc2c-1nc1ccc(N)cc1c2N1CCS(=O)(=O)CC1. The number of hydrogen-bond donors (Lipinski definition) is 1. The lowest BCUT2D eigenvalue weighted by Crippen LogP contribution is -2.47. The van der Waals surface area contributed by atoms with E-state index in [2.05, 4.69) is 0 Å². The maximum Gasteiger partial charge on any atom is 0.355 e. The summed E-state index contributed by atoms with van der Waals surface area (Å²) < 4.78 is 36.8. The van der Waals surface area contributed by atoms with Crippen molar-refractivity contribution in [2.45, 2.75) is 39.0 Å². The van der Waals surface area contributed by atoms with Gasteiger partial charge in [-0.15, -0.1) is 0 Å². The molecule has 1 aromatic carbocycles. The van der Waals surface area contributed by atoms with Gasteiger partial charge in [-0.05, 0) is 30.7 Å². The van der Waals surface area contributed by atoms with Crippen LogP contribution in [0.1, 0.15) is 37.0 Å². The standard InChI is InChI=1S/C26H26N4O7S/c1-3-26(37-14(2)31)19-11-21-22-17(12-30(21)24(32)18(19)13-36-25(26)33)23(29-6-8-38(34,35)9-7-29)16-10-15(27)4-5-20(16)28-22/h4-5,10-11H,3,6-9,12-13,27H2,1-2H3/t26-/m0/s1. The molecule has 12 heteroatoms. The van der Waals surface area contributed by atoms with Gasteiger partial charge in [-0.2, -0.15) is 0 Å². The number of aromatic nitrogens is 2. The quantitative estimate of drug-likeness (QED) is 0.300. The molecule has 2 N–H and O–H groups in total. The summed E-state index contributed by atoms with van der Waals surface area (Å²) >= 11 is 0. The molecule has 1 atom stereocenters. The van der Waals surface area contributed by atoms with E-state index in [0.717, 1.165) is 16.6 Å². The average molecular weight is 539 g/mol. The Morgan fingerprint density at radius 2 is 1.92 bits per heavy atom. The molecule has 0 radical (unpaired) electrons. The van der Waals surface area contributed by atoms with E-state index in [0.29, 0.717) is 41.2 Å². The van der Waals surface area contributed by atoms with Crippen molar-refractivity contribution in [1.29, 1.82) is 0 Å². The summed E-state index contributed by atoms with van der Waals surface area (Å²) in [6.07, 6.45) is 0.0894. The topological polar surface area (TPSA) is 151 Å². The number of sulfone groups is 1. The third kappa shape index (κ3) is 3.50. The number of esters is 2. The lowest BCUT2D eigenvalue weighted by Gasteiger charge is -2.35. The van der Waals surface area contributed by atoms with E-state index in [4.69, 9.17) is 20.2 Å². The molecule has 3 aliphatic heterocycles. The molecule has 0 bridgehead atoms. The molecule has 38 heavy (non-hydrogen) atoms. The number of rotatable bonds is 3. The first-order chi connectivity index (χ1) is 18.0. The molecule has 5 heterocycles. The summed E-state index contributed by atoms with van der Waals surface area (Å²) in [5.41, 5.74) is 8.37. The van der Waals surface area contributed by atoms with Gasteiger partial charge in [-0.25, -0.2) is 18.2 Å². The smallest absolute Gasteiger partial charge is 0.355 e. The highest BCUT2D eigenvalue weighted by Gasteiger charge is 2.50. The number of cyclic esters (lactones) is 1. The van der Waals surface area contributed by atoms with Gasteiger partial charge >= 0.3 is 11.9 Å². The minimum atomic E-state index is -3.13. The molecule has 3 aromatic rings. The van der Waals surface area contributed by atoms with Crippen LogP contribution in [-0.2, 0) is 47.7 Å². The fourth-order valence-corrected chi connectivity index (χ4v) is 6.98. The molecule has 1 saturated heterocycles. The minimum Gasteiger partial charge on any atom is -0.457 e. The van der Waals surface area contributed by atoms with Crippen molar-refractivity contribution in [3.63, 3.8) is 0 Å². The lowest BCUT2D eigenvalue weighted by molar-refractivity contribution is -0.188. The van der Waals surface area contributed by atoms with Gasteiger partial charge in [0.2, 0.25) is 5.60 Å². The number of carbonyl (C=O) groups excluding carboxylic acids is 2. The van der Waals surface area contributed by atoms with E-state index >= 15 is 0 Å². The number of nitrogens with zero attached hydrogens (tertiary/aromatic N) is 3. The van der Waals surface area contributed by atoms with Crippen molar-refractivity contribution in [2.75, 3.05) is 35.2 Å². The second kappa shape index (κ2) is 8.29. The second-order valence-electron chi connectivity index (χ2n) is 9.87. The number of nitrogens with two attached hydrogens (primary N) is 1. The van der Waals surface area contributed by atoms with Crippen molar-refractivity contribution >= 4 is 44.1 Å². The minimum absolute atomic E-state index is 0.0238. The van der Waals surface area contributed by atoms with Crippen LogP contribution in [0.25, 0.3) is 22.3 Å². The first-order valence-electron chi connectivity index (χ1n) is 12.4. The Bertz CT molecular complexity index is 1720. The summed E-state index contributed by atoms with van der Waals surface area (Å²) in [7, 11) is -3.13. The average Bonchev–Trinajstić information content (AvgIpc) is 3.23. The maximum absolute atomic E-state index is 13.8. The third-order valence-corrected chi connectivity index (χ3v) is 9.24. The summed E-state index contributed by atoms with van der Waals surface area (Å²) in [5, 5.41) is 0.773. The molecule has 1 fully saturated rings.